The lowest BCUT2D eigenvalue weighted by molar-refractivity contribution is 0.0952. The number of hydrogen-bond acceptors (Lipinski definition) is 4. The highest BCUT2D eigenvalue weighted by molar-refractivity contribution is 5.99. The molecule has 0 radical (unpaired) electrons. The molecule has 0 unspecified atom stereocenters. The van der Waals surface area contributed by atoms with Crippen molar-refractivity contribution in [3.05, 3.63) is 22.9 Å². The van der Waals surface area contributed by atoms with Crippen LogP contribution >= 0.6 is 0 Å². The van der Waals surface area contributed by atoms with Gasteiger partial charge in [-0.15, -0.1) is 0 Å². The van der Waals surface area contributed by atoms with Crippen LogP contribution in [0.3, 0.4) is 0 Å². The second-order valence-electron chi connectivity index (χ2n) is 6.82. The molecule has 0 saturated heterocycles. The molecule has 1 fully saturated rings. The molecule has 0 bridgehead atoms. The number of rotatable bonds is 4. The molecule has 5 nitrogen and oxygen atoms in total. The number of pyridine rings is 1. The van der Waals surface area contributed by atoms with Crippen LogP contribution in [0.4, 0.5) is 5.82 Å². The molecule has 0 aromatic carbocycles. The second-order valence-corrected chi connectivity index (χ2v) is 6.82. The monoisotopic (exact) mass is 302 g/mol. The van der Waals surface area contributed by atoms with Crippen LogP contribution in [-0.2, 0) is 12.8 Å². The Balaban J connectivity index is 1.88. The first kappa shape index (κ1) is 15.3. The number of fused-ring (bicyclic) bond motifs is 1. The van der Waals surface area contributed by atoms with Crippen molar-refractivity contribution in [1.82, 2.24) is 15.2 Å². The third-order valence-electron chi connectivity index (χ3n) is 4.58. The van der Waals surface area contributed by atoms with Crippen LogP contribution in [0.2, 0.25) is 0 Å². The maximum Gasteiger partial charge on any atom is 0.255 e. The van der Waals surface area contributed by atoms with Gasteiger partial charge in [-0.05, 0) is 43.9 Å². The van der Waals surface area contributed by atoms with E-state index >= 15 is 0 Å². The highest BCUT2D eigenvalue weighted by Gasteiger charge is 2.24. The number of aromatic nitrogens is 1. The normalized spacial score (nSPS) is 18.5. The molecule has 0 atom stereocenters. The number of hydrogen-bond donors (Lipinski definition) is 1. The maximum absolute atomic E-state index is 12.6. The summed E-state index contributed by atoms with van der Waals surface area (Å²) >= 11 is 0. The van der Waals surface area contributed by atoms with E-state index in [1.807, 2.05) is 19.0 Å². The van der Waals surface area contributed by atoms with Crippen LogP contribution in [0, 0.1) is 5.92 Å². The largest absolute Gasteiger partial charge is 0.362 e. The molecule has 2 heterocycles. The van der Waals surface area contributed by atoms with Gasteiger partial charge < -0.3 is 15.1 Å². The molecule has 1 saturated carbocycles. The van der Waals surface area contributed by atoms with Crippen LogP contribution < -0.4 is 10.2 Å². The molecule has 3 rings (SSSR count). The topological polar surface area (TPSA) is 48.5 Å². The predicted molar refractivity (Wildman–Crippen MR) is 88.5 cm³/mol. The van der Waals surface area contributed by atoms with Gasteiger partial charge in [0.05, 0.1) is 5.56 Å². The first-order valence-electron chi connectivity index (χ1n) is 8.21. The van der Waals surface area contributed by atoms with E-state index in [9.17, 15) is 4.79 Å². The van der Waals surface area contributed by atoms with E-state index in [0.717, 1.165) is 44.0 Å². The van der Waals surface area contributed by atoms with Gasteiger partial charge in [-0.2, -0.15) is 0 Å². The van der Waals surface area contributed by atoms with Crippen molar-refractivity contribution in [2.24, 2.45) is 5.92 Å². The minimum atomic E-state index is 0.0171. The molecule has 22 heavy (non-hydrogen) atoms. The first-order valence-corrected chi connectivity index (χ1v) is 8.21. The van der Waals surface area contributed by atoms with Crippen LogP contribution in [0.5, 0.6) is 0 Å². The van der Waals surface area contributed by atoms with Gasteiger partial charge in [0.2, 0.25) is 0 Å². The SMILES string of the molecule is CN1CCc2cc(C(=O)NCC3CC3)c(N(C)C)nc2CC1. The van der Waals surface area contributed by atoms with Crippen molar-refractivity contribution in [2.45, 2.75) is 25.7 Å². The van der Waals surface area contributed by atoms with E-state index in [0.29, 0.717) is 11.5 Å². The molecular weight excluding hydrogens is 276 g/mol. The molecule has 2 aliphatic rings. The predicted octanol–water partition coefficient (Wildman–Crippen LogP) is 1.32. The Kier molecular flexibility index (Phi) is 4.34. The number of carbonyl (C=O) groups excluding carboxylic acids is 1. The van der Waals surface area contributed by atoms with Gasteiger partial charge in [-0.3, -0.25) is 4.79 Å². The Hall–Kier alpha value is -1.62. The van der Waals surface area contributed by atoms with Gasteiger partial charge in [0, 0.05) is 45.8 Å². The van der Waals surface area contributed by atoms with E-state index < -0.39 is 0 Å². The molecule has 1 aromatic heterocycles. The van der Waals surface area contributed by atoms with Crippen LogP contribution in [0.25, 0.3) is 0 Å². The lowest BCUT2D eigenvalue weighted by Crippen LogP contribution is -2.28. The van der Waals surface area contributed by atoms with E-state index in [-0.39, 0.29) is 5.91 Å². The molecule has 1 amide bonds. The van der Waals surface area contributed by atoms with E-state index in [1.54, 1.807) is 0 Å². The number of carbonyl (C=O) groups is 1. The molecule has 5 heteroatoms. The first-order chi connectivity index (χ1) is 10.5. The minimum Gasteiger partial charge on any atom is -0.362 e. The molecule has 1 aliphatic carbocycles. The van der Waals surface area contributed by atoms with E-state index in [1.165, 1.54) is 18.4 Å². The lowest BCUT2D eigenvalue weighted by atomic mass is 10.0. The smallest absolute Gasteiger partial charge is 0.255 e. The van der Waals surface area contributed by atoms with Crippen molar-refractivity contribution in [1.29, 1.82) is 0 Å². The Bertz CT molecular complexity index is 566. The Labute approximate surface area is 132 Å². The molecule has 1 aliphatic heterocycles. The van der Waals surface area contributed by atoms with E-state index in [2.05, 4.69) is 23.3 Å². The van der Waals surface area contributed by atoms with Crippen molar-refractivity contribution >= 4 is 11.7 Å². The Morgan fingerprint density at radius 1 is 1.36 bits per heavy atom. The minimum absolute atomic E-state index is 0.0171. The number of amides is 1. The molecule has 120 valence electrons. The fourth-order valence-corrected chi connectivity index (χ4v) is 2.90. The van der Waals surface area contributed by atoms with Gasteiger partial charge in [-0.1, -0.05) is 0 Å². The summed E-state index contributed by atoms with van der Waals surface area (Å²) in [6.45, 7) is 2.85. The van der Waals surface area contributed by atoms with Gasteiger partial charge in [0.1, 0.15) is 5.82 Å². The van der Waals surface area contributed by atoms with Gasteiger partial charge in [0.25, 0.3) is 5.91 Å². The number of likely N-dealkylation sites (N-methyl/N-ethyl adjacent to an activating group) is 1. The molecule has 0 spiro atoms. The molecule has 1 N–H and O–H groups in total. The Morgan fingerprint density at radius 3 is 2.77 bits per heavy atom. The van der Waals surface area contributed by atoms with Crippen LogP contribution in [0.1, 0.15) is 34.5 Å². The van der Waals surface area contributed by atoms with Gasteiger partial charge in [0.15, 0.2) is 0 Å². The molecular formula is C17H26N4O. The number of nitrogens with zero attached hydrogens (tertiary/aromatic N) is 3. The fourth-order valence-electron chi connectivity index (χ4n) is 2.90. The zero-order chi connectivity index (χ0) is 15.7. The molecule has 1 aromatic rings. The lowest BCUT2D eigenvalue weighted by Gasteiger charge is -2.19. The summed E-state index contributed by atoms with van der Waals surface area (Å²) in [7, 11) is 6.05. The zero-order valence-corrected chi connectivity index (χ0v) is 13.9. The van der Waals surface area contributed by atoms with Crippen LogP contribution in [0.15, 0.2) is 6.07 Å². The van der Waals surface area contributed by atoms with Crippen molar-refractivity contribution in [3.8, 4) is 0 Å². The number of anilines is 1. The quantitative estimate of drug-likeness (QED) is 0.911. The summed E-state index contributed by atoms with van der Waals surface area (Å²) in [5.41, 5.74) is 3.09. The third-order valence-corrected chi connectivity index (χ3v) is 4.58. The van der Waals surface area contributed by atoms with Crippen molar-refractivity contribution < 1.29 is 4.79 Å². The maximum atomic E-state index is 12.6. The highest BCUT2D eigenvalue weighted by atomic mass is 16.1. The average Bonchev–Trinajstić information content (AvgIpc) is 3.32. The summed E-state index contributed by atoms with van der Waals surface area (Å²) in [5.74, 6) is 1.49. The van der Waals surface area contributed by atoms with Crippen molar-refractivity contribution in [3.63, 3.8) is 0 Å². The summed E-state index contributed by atoms with van der Waals surface area (Å²) < 4.78 is 0. The average molecular weight is 302 g/mol. The van der Waals surface area contributed by atoms with Gasteiger partial charge >= 0.3 is 0 Å². The second kappa shape index (κ2) is 6.24. The summed E-state index contributed by atoms with van der Waals surface area (Å²) in [5, 5.41) is 3.07. The number of nitrogens with one attached hydrogen (secondary N) is 1. The standard InChI is InChI=1S/C17H26N4O/c1-20(2)16-14(17(22)18-11-12-4-5-12)10-13-6-8-21(3)9-7-15(13)19-16/h10,12H,4-9,11H2,1-3H3,(H,18,22). The zero-order valence-electron chi connectivity index (χ0n) is 13.9. The highest BCUT2D eigenvalue weighted by Crippen LogP contribution is 2.28. The van der Waals surface area contributed by atoms with E-state index in [4.69, 9.17) is 4.98 Å². The summed E-state index contributed by atoms with van der Waals surface area (Å²) in [4.78, 5) is 21.6. The summed E-state index contributed by atoms with van der Waals surface area (Å²) in [6, 6.07) is 2.07. The van der Waals surface area contributed by atoms with Crippen LogP contribution in [-0.4, -0.2) is 56.6 Å². The third kappa shape index (κ3) is 3.40. The van der Waals surface area contributed by atoms with Gasteiger partial charge in [-0.25, -0.2) is 4.98 Å². The fraction of sp³-hybridized carbons (Fsp3) is 0.647. The Morgan fingerprint density at radius 2 is 2.09 bits per heavy atom. The summed E-state index contributed by atoms with van der Waals surface area (Å²) in [6.07, 6.45) is 4.41. The van der Waals surface area contributed by atoms with Crippen molar-refractivity contribution in [2.75, 3.05) is 45.7 Å².